The van der Waals surface area contributed by atoms with Crippen LogP contribution in [-0.2, 0) is 0 Å². The number of para-hydroxylation sites is 7. The lowest BCUT2D eigenvalue weighted by molar-refractivity contribution is 0.464. The number of fused-ring (bicyclic) bond motifs is 27. The van der Waals surface area contributed by atoms with E-state index in [0.717, 1.165) is 211 Å². The highest BCUT2D eigenvalue weighted by atomic mass is 16.5. The van der Waals surface area contributed by atoms with E-state index in [4.69, 9.17) is 27.8 Å². The molecular weight excluding hydrogens is 1300 g/mol. The summed E-state index contributed by atoms with van der Waals surface area (Å²) >= 11 is 0. The third-order valence-electron chi connectivity index (χ3n) is 23.8. The molecule has 6 aromatic heterocycles. The first kappa shape index (κ1) is 55.7. The van der Waals surface area contributed by atoms with Crippen LogP contribution < -0.4 is 51.7 Å². The number of hydrogen-bond donors (Lipinski definition) is 0. The molecule has 10 heteroatoms. The van der Waals surface area contributed by atoms with Crippen molar-refractivity contribution in [3.8, 4) is 102 Å². The van der Waals surface area contributed by atoms with Crippen LogP contribution in [0.2, 0.25) is 0 Å². The van der Waals surface area contributed by atoms with Gasteiger partial charge in [0.25, 0.3) is 13.4 Å². The average Bonchev–Trinajstić information content (AvgIpc) is 1.53. The number of furan rings is 2. The minimum atomic E-state index is 0.00684. The normalized spacial score (nSPS) is 13.4. The molecule has 16 aromatic carbocycles. The summed E-state index contributed by atoms with van der Waals surface area (Å²) in [5.74, 6) is 6.75. The van der Waals surface area contributed by atoms with Gasteiger partial charge >= 0.3 is 0 Å². The van der Waals surface area contributed by atoms with E-state index in [0.29, 0.717) is 0 Å². The second kappa shape index (κ2) is 20.0. The fourth-order valence-electron chi connectivity index (χ4n) is 19.3. The summed E-state index contributed by atoms with van der Waals surface area (Å²) in [6, 6.07) is 110. The van der Waals surface area contributed by atoms with E-state index in [1.165, 1.54) is 43.5 Å². The molecule has 0 saturated heterocycles. The molecule has 10 heterocycles. The van der Waals surface area contributed by atoms with Gasteiger partial charge in [0.05, 0.1) is 38.5 Å². The summed E-state index contributed by atoms with van der Waals surface area (Å²) in [7, 11) is 0. The molecule has 106 heavy (non-hydrogen) atoms. The number of ether oxygens (including phenoxy) is 4. The molecule has 0 fully saturated rings. The summed E-state index contributed by atoms with van der Waals surface area (Å²) in [5.41, 5.74) is 27.8. The number of nitrogens with zero attached hydrogens (tertiary/aromatic N) is 2. The van der Waals surface area contributed by atoms with E-state index in [1.807, 2.05) is 24.3 Å². The zero-order chi connectivity index (χ0) is 68.5. The topological polar surface area (TPSA) is 72.0 Å². The maximum atomic E-state index is 7.30. The third-order valence-corrected chi connectivity index (χ3v) is 23.8. The standard InChI is InChI=1S/C96H50B2N2O6/c1-6-30-75-61(20-1)68-48-70-89-59(55-18-11-16-51(40-55)57-44-85-91-86(45-57)102-80-32-8-3-27-72(80)97(91)71-26-2-7-31-79(71)101-85)21-15-35-83(89)105-96(70)90-69-42-53(37-39-76(69)99(75)94(68)90)54-36-38-62-63-23-14-24-64-66-50-84-67(49-78(66)100(93(63)64)77(62)43-54)65-25-13-22-60(95(65)106-84)56-19-12-17-52(41-56)58-46-87-92-88(47-58)104-82-34-10-5-29-74(82)98(92)73-28-4-9-33-81(73)103-87/h1-50H. The van der Waals surface area contributed by atoms with Gasteiger partial charge in [-0.3, -0.25) is 0 Å². The first-order valence-corrected chi connectivity index (χ1v) is 36.3. The highest BCUT2D eigenvalue weighted by molar-refractivity contribution is 6.99. The quantitative estimate of drug-likeness (QED) is 0.160. The van der Waals surface area contributed by atoms with E-state index >= 15 is 0 Å². The van der Waals surface area contributed by atoms with E-state index in [1.54, 1.807) is 0 Å². The molecule has 0 bridgehead atoms. The monoisotopic (exact) mass is 1350 g/mol. The SMILES string of the molecule is c1cc(-c2cc3c4c(c2)Oc2ccccc2B4c2ccccc2O3)cc(-c2cccc3c2oc2cc4c5cccc6c7ccc(-c8ccc9c(c8)c8c%10oc%11cccc(-c%12cccc(-c%13cc%14c%15c(c%13)Oc%13ccccc%13B%15c%13ccccc%13O%14)c%12)c%11c%10cc%10c%11ccccc%11n9c%108)cc7n(c4cc23)c65)c1. The molecule has 0 unspecified atom stereocenters. The highest BCUT2D eigenvalue weighted by Crippen LogP contribution is 2.51. The van der Waals surface area contributed by atoms with Gasteiger partial charge in [0.2, 0.25) is 0 Å². The van der Waals surface area contributed by atoms with Crippen LogP contribution in [0.4, 0.5) is 0 Å². The van der Waals surface area contributed by atoms with Crippen molar-refractivity contribution >= 4 is 166 Å². The molecule has 486 valence electrons. The molecule has 4 aliphatic rings. The number of rotatable bonds is 5. The molecule has 0 saturated carbocycles. The van der Waals surface area contributed by atoms with Crippen LogP contribution in [-0.4, -0.2) is 22.2 Å². The van der Waals surface area contributed by atoms with Gasteiger partial charge in [-0.05, 0) is 181 Å². The number of aromatic nitrogens is 2. The van der Waals surface area contributed by atoms with Gasteiger partial charge in [0.15, 0.2) is 0 Å². The Morgan fingerprint density at radius 3 is 1.35 bits per heavy atom. The van der Waals surface area contributed by atoms with Crippen LogP contribution in [0.1, 0.15) is 0 Å². The van der Waals surface area contributed by atoms with Gasteiger partial charge in [-0.15, -0.1) is 0 Å². The summed E-state index contributed by atoms with van der Waals surface area (Å²) in [4.78, 5) is 0. The lowest BCUT2D eigenvalue weighted by Gasteiger charge is -2.33. The van der Waals surface area contributed by atoms with Gasteiger partial charge in [-0.25, -0.2) is 0 Å². The van der Waals surface area contributed by atoms with Crippen LogP contribution >= 0.6 is 0 Å². The molecule has 26 rings (SSSR count). The minimum Gasteiger partial charge on any atom is -0.458 e. The molecule has 22 aromatic rings. The Kier molecular flexibility index (Phi) is 10.5. The van der Waals surface area contributed by atoms with Crippen molar-refractivity contribution in [1.29, 1.82) is 0 Å². The Morgan fingerprint density at radius 2 is 0.689 bits per heavy atom. The van der Waals surface area contributed by atoms with Gasteiger partial charge in [0.1, 0.15) is 68.3 Å². The third kappa shape index (κ3) is 7.29. The van der Waals surface area contributed by atoms with Crippen LogP contribution in [0.5, 0.6) is 46.0 Å². The van der Waals surface area contributed by atoms with E-state index in [2.05, 4.69) is 288 Å². The molecule has 0 amide bonds. The highest BCUT2D eigenvalue weighted by Gasteiger charge is 2.42. The summed E-state index contributed by atoms with van der Waals surface area (Å²) in [6.07, 6.45) is 0. The number of hydrogen-bond acceptors (Lipinski definition) is 6. The molecule has 0 N–H and O–H groups in total. The van der Waals surface area contributed by atoms with E-state index < -0.39 is 0 Å². The van der Waals surface area contributed by atoms with Crippen LogP contribution in [0.15, 0.2) is 312 Å². The lowest BCUT2D eigenvalue weighted by atomic mass is 9.35. The smallest absolute Gasteiger partial charge is 0.260 e. The molecule has 0 atom stereocenters. The van der Waals surface area contributed by atoms with Crippen molar-refractivity contribution in [2.45, 2.75) is 0 Å². The van der Waals surface area contributed by atoms with Crippen LogP contribution in [0, 0.1) is 0 Å². The average molecular weight is 1350 g/mol. The first-order valence-electron chi connectivity index (χ1n) is 36.3. The van der Waals surface area contributed by atoms with Crippen molar-refractivity contribution in [1.82, 2.24) is 8.80 Å². The number of benzene rings is 16. The fourth-order valence-corrected chi connectivity index (χ4v) is 19.3. The van der Waals surface area contributed by atoms with Crippen molar-refractivity contribution in [3.63, 3.8) is 0 Å². The zero-order valence-corrected chi connectivity index (χ0v) is 56.4. The maximum Gasteiger partial charge on any atom is 0.260 e. The molecular formula is C96H50B2N2O6. The van der Waals surface area contributed by atoms with Crippen molar-refractivity contribution < 1.29 is 27.8 Å². The van der Waals surface area contributed by atoms with Crippen molar-refractivity contribution in [3.05, 3.63) is 303 Å². The second-order valence-corrected chi connectivity index (χ2v) is 29.2. The summed E-state index contributed by atoms with van der Waals surface area (Å²) in [5, 5.41) is 13.8. The maximum absolute atomic E-state index is 7.30. The molecule has 0 spiro atoms. The lowest BCUT2D eigenvalue weighted by Crippen LogP contribution is -2.57. The Morgan fingerprint density at radius 1 is 0.217 bits per heavy atom. The van der Waals surface area contributed by atoms with E-state index in [9.17, 15) is 0 Å². The van der Waals surface area contributed by atoms with Gasteiger partial charge in [-0.1, -0.05) is 194 Å². The molecule has 8 nitrogen and oxygen atoms in total. The minimum absolute atomic E-state index is 0.00684. The van der Waals surface area contributed by atoms with Crippen molar-refractivity contribution in [2.24, 2.45) is 0 Å². The van der Waals surface area contributed by atoms with Crippen molar-refractivity contribution in [2.75, 3.05) is 0 Å². The first-order chi connectivity index (χ1) is 52.5. The molecule has 4 aliphatic heterocycles. The van der Waals surface area contributed by atoms with Gasteiger partial charge < -0.3 is 36.6 Å². The summed E-state index contributed by atoms with van der Waals surface area (Å²) < 4.78 is 46.4. The Labute approximate surface area is 604 Å². The second-order valence-electron chi connectivity index (χ2n) is 29.2. The van der Waals surface area contributed by atoms with Gasteiger partial charge in [0, 0.05) is 75.7 Å². The van der Waals surface area contributed by atoms with Crippen LogP contribution in [0.3, 0.4) is 0 Å². The largest absolute Gasteiger partial charge is 0.458 e. The van der Waals surface area contributed by atoms with E-state index in [-0.39, 0.29) is 13.4 Å². The van der Waals surface area contributed by atoms with Crippen LogP contribution in [0.25, 0.3) is 176 Å². The molecule has 0 aliphatic carbocycles. The summed E-state index contributed by atoms with van der Waals surface area (Å²) in [6.45, 7) is 0.0198. The fraction of sp³-hybridized carbons (Fsp3) is 0. The molecule has 0 radical (unpaired) electrons. The predicted molar refractivity (Wildman–Crippen MR) is 433 cm³/mol. The zero-order valence-electron chi connectivity index (χ0n) is 56.4. The van der Waals surface area contributed by atoms with Gasteiger partial charge in [-0.2, -0.15) is 0 Å². The Balaban J connectivity index is 0.598. The Hall–Kier alpha value is -14.0. The Bertz CT molecular complexity index is 7620. The predicted octanol–water partition coefficient (Wildman–Crippen LogP) is 21.6.